The quantitative estimate of drug-likeness (QED) is 0.779. The third kappa shape index (κ3) is 3.30. The fraction of sp³-hybridized carbons (Fsp3) is 0.429. The summed E-state index contributed by atoms with van der Waals surface area (Å²) < 4.78 is 19.2. The summed E-state index contributed by atoms with van der Waals surface area (Å²) in [5, 5.41) is 3.08. The Bertz CT molecular complexity index is 550. The molecule has 0 bridgehead atoms. The molecule has 1 aliphatic rings. The number of nitrogens with two attached hydrogens (primary N) is 1. The zero-order valence-corrected chi connectivity index (χ0v) is 11.8. The molecule has 3 N–H and O–H groups in total. The van der Waals surface area contributed by atoms with Crippen molar-refractivity contribution in [2.75, 3.05) is 31.1 Å². The molecule has 7 heteroatoms. The lowest BCUT2D eigenvalue weighted by molar-refractivity contribution is -0.144. The minimum Gasteiger partial charge on any atom is -0.464 e. The molecule has 1 aromatic carbocycles. The topological polar surface area (TPSA) is 84.7 Å². The van der Waals surface area contributed by atoms with E-state index >= 15 is 0 Å². The predicted molar refractivity (Wildman–Crippen MR) is 75.6 cm³/mol. The van der Waals surface area contributed by atoms with Gasteiger partial charge in [0.25, 0.3) is 0 Å². The fourth-order valence-electron chi connectivity index (χ4n) is 2.33. The van der Waals surface area contributed by atoms with Crippen molar-refractivity contribution in [2.45, 2.75) is 13.0 Å². The first-order chi connectivity index (χ1) is 10.0. The van der Waals surface area contributed by atoms with Crippen molar-refractivity contribution in [1.29, 1.82) is 0 Å². The van der Waals surface area contributed by atoms with Gasteiger partial charge in [-0.15, -0.1) is 0 Å². The van der Waals surface area contributed by atoms with Crippen molar-refractivity contribution >= 4 is 17.6 Å². The molecule has 1 unspecified atom stereocenters. The van der Waals surface area contributed by atoms with E-state index in [4.69, 9.17) is 10.5 Å². The molecule has 1 amide bonds. The lowest BCUT2D eigenvalue weighted by atomic mass is 10.1. The predicted octanol–water partition coefficient (Wildman–Crippen LogP) is 0.266. The summed E-state index contributed by atoms with van der Waals surface area (Å²) in [4.78, 5) is 24.7. The Morgan fingerprint density at radius 2 is 2.29 bits per heavy atom. The van der Waals surface area contributed by atoms with Gasteiger partial charge in [-0.05, 0) is 25.1 Å². The second kappa shape index (κ2) is 6.53. The molecule has 1 aliphatic heterocycles. The lowest BCUT2D eigenvalue weighted by Crippen LogP contribution is -2.56. The maximum atomic E-state index is 14.2. The summed E-state index contributed by atoms with van der Waals surface area (Å²) in [5.41, 5.74) is 5.48. The third-order valence-electron chi connectivity index (χ3n) is 3.34. The Labute approximate surface area is 122 Å². The highest BCUT2D eigenvalue weighted by Gasteiger charge is 2.31. The van der Waals surface area contributed by atoms with Crippen LogP contribution in [0, 0.1) is 5.82 Å². The van der Waals surface area contributed by atoms with E-state index in [1.54, 1.807) is 11.8 Å². The number of piperazine rings is 1. The molecule has 1 fully saturated rings. The van der Waals surface area contributed by atoms with Crippen LogP contribution in [0.2, 0.25) is 0 Å². The highest BCUT2D eigenvalue weighted by atomic mass is 19.1. The van der Waals surface area contributed by atoms with Gasteiger partial charge in [-0.1, -0.05) is 0 Å². The summed E-state index contributed by atoms with van der Waals surface area (Å²) >= 11 is 0. The monoisotopic (exact) mass is 295 g/mol. The van der Waals surface area contributed by atoms with Crippen LogP contribution in [0.1, 0.15) is 17.3 Å². The van der Waals surface area contributed by atoms with Crippen LogP contribution in [0.5, 0.6) is 0 Å². The number of primary amides is 1. The Morgan fingerprint density at radius 1 is 1.52 bits per heavy atom. The summed E-state index contributed by atoms with van der Waals surface area (Å²) in [6.45, 7) is 3.48. The van der Waals surface area contributed by atoms with Crippen molar-refractivity contribution in [3.05, 3.63) is 29.6 Å². The second-order valence-electron chi connectivity index (χ2n) is 4.70. The molecule has 21 heavy (non-hydrogen) atoms. The number of carbonyl (C=O) groups excluding carboxylic acids is 2. The zero-order chi connectivity index (χ0) is 15.4. The summed E-state index contributed by atoms with van der Waals surface area (Å²) in [7, 11) is 0. The number of hydrogen-bond donors (Lipinski definition) is 2. The number of esters is 1. The molecule has 0 spiro atoms. The average molecular weight is 295 g/mol. The van der Waals surface area contributed by atoms with Gasteiger partial charge in [-0.3, -0.25) is 4.79 Å². The summed E-state index contributed by atoms with van der Waals surface area (Å²) in [6.07, 6.45) is 0. The molecule has 0 aliphatic carbocycles. The van der Waals surface area contributed by atoms with E-state index in [-0.39, 0.29) is 17.9 Å². The molecule has 0 radical (unpaired) electrons. The zero-order valence-electron chi connectivity index (χ0n) is 11.8. The van der Waals surface area contributed by atoms with Gasteiger partial charge in [0.1, 0.15) is 11.9 Å². The molecule has 6 nitrogen and oxygen atoms in total. The minimum absolute atomic E-state index is 0.0964. The Balaban J connectivity index is 2.29. The molecule has 1 aromatic rings. The average Bonchev–Trinajstić information content (AvgIpc) is 2.47. The Hall–Kier alpha value is -2.15. The van der Waals surface area contributed by atoms with E-state index in [1.165, 1.54) is 12.1 Å². The van der Waals surface area contributed by atoms with Gasteiger partial charge in [0.2, 0.25) is 5.91 Å². The van der Waals surface area contributed by atoms with Crippen LogP contribution < -0.4 is 16.0 Å². The smallest absolute Gasteiger partial charge is 0.330 e. The highest BCUT2D eigenvalue weighted by molar-refractivity contribution is 5.93. The fourth-order valence-corrected chi connectivity index (χ4v) is 2.33. The first kappa shape index (κ1) is 15.2. The molecule has 2 rings (SSSR count). The molecular formula is C14H18FN3O3. The highest BCUT2D eigenvalue weighted by Crippen LogP contribution is 2.24. The number of nitrogens with one attached hydrogen (secondary N) is 1. The van der Waals surface area contributed by atoms with Crippen LogP contribution in [-0.2, 0) is 9.53 Å². The summed E-state index contributed by atoms with van der Waals surface area (Å²) in [5.74, 6) is -1.67. The van der Waals surface area contributed by atoms with E-state index in [0.29, 0.717) is 19.6 Å². The number of benzene rings is 1. The first-order valence-electron chi connectivity index (χ1n) is 6.78. The number of carbonyl (C=O) groups is 2. The van der Waals surface area contributed by atoms with Crippen molar-refractivity contribution in [3.63, 3.8) is 0 Å². The number of nitrogens with zero attached hydrogens (tertiary/aromatic N) is 1. The maximum absolute atomic E-state index is 14.2. The van der Waals surface area contributed by atoms with Gasteiger partial charge in [-0.2, -0.15) is 0 Å². The number of rotatable bonds is 4. The van der Waals surface area contributed by atoms with Gasteiger partial charge in [-0.25, -0.2) is 9.18 Å². The maximum Gasteiger partial charge on any atom is 0.330 e. The van der Waals surface area contributed by atoms with Gasteiger partial charge < -0.3 is 20.7 Å². The Morgan fingerprint density at radius 3 is 2.90 bits per heavy atom. The standard InChI is InChI=1S/C14H18FN3O3/c1-2-21-14(20)12-8-17-5-6-18(12)11-4-3-9(13(16)19)7-10(11)15/h3-4,7,12,17H,2,5-6,8H2,1H3,(H2,16,19). The summed E-state index contributed by atoms with van der Waals surface area (Å²) in [6, 6.07) is 3.41. The number of halogens is 1. The Kier molecular flexibility index (Phi) is 4.74. The van der Waals surface area contributed by atoms with Crippen LogP contribution in [0.3, 0.4) is 0 Å². The number of ether oxygens (including phenoxy) is 1. The van der Waals surface area contributed by atoms with Crippen LogP contribution in [0.25, 0.3) is 0 Å². The van der Waals surface area contributed by atoms with E-state index in [2.05, 4.69) is 5.32 Å². The van der Waals surface area contributed by atoms with Gasteiger partial charge in [0, 0.05) is 25.2 Å². The number of anilines is 1. The van der Waals surface area contributed by atoms with Crippen LogP contribution in [0.4, 0.5) is 10.1 Å². The second-order valence-corrected chi connectivity index (χ2v) is 4.70. The van der Waals surface area contributed by atoms with E-state index in [0.717, 1.165) is 6.07 Å². The first-order valence-corrected chi connectivity index (χ1v) is 6.78. The SMILES string of the molecule is CCOC(=O)C1CNCCN1c1ccc(C(N)=O)cc1F. The van der Waals surface area contributed by atoms with Crippen LogP contribution in [0.15, 0.2) is 18.2 Å². The molecule has 1 atom stereocenters. The number of amides is 1. The van der Waals surface area contributed by atoms with Gasteiger partial charge in [0.15, 0.2) is 0 Å². The van der Waals surface area contributed by atoms with Crippen molar-refractivity contribution in [3.8, 4) is 0 Å². The van der Waals surface area contributed by atoms with Crippen LogP contribution >= 0.6 is 0 Å². The molecule has 1 heterocycles. The molecule has 0 aromatic heterocycles. The largest absolute Gasteiger partial charge is 0.464 e. The van der Waals surface area contributed by atoms with E-state index in [1.807, 2.05) is 0 Å². The molecule has 1 saturated heterocycles. The third-order valence-corrected chi connectivity index (χ3v) is 3.34. The molecular weight excluding hydrogens is 277 g/mol. The van der Waals surface area contributed by atoms with Crippen LogP contribution in [-0.4, -0.2) is 44.2 Å². The molecule has 0 saturated carbocycles. The van der Waals surface area contributed by atoms with E-state index < -0.39 is 23.7 Å². The van der Waals surface area contributed by atoms with Crippen molar-refractivity contribution < 1.29 is 18.7 Å². The normalized spacial score (nSPS) is 18.4. The van der Waals surface area contributed by atoms with E-state index in [9.17, 15) is 14.0 Å². The van der Waals surface area contributed by atoms with Crippen molar-refractivity contribution in [2.24, 2.45) is 5.73 Å². The molecule has 114 valence electrons. The lowest BCUT2D eigenvalue weighted by Gasteiger charge is -2.36. The number of hydrogen-bond acceptors (Lipinski definition) is 5. The van der Waals surface area contributed by atoms with Gasteiger partial charge >= 0.3 is 5.97 Å². The van der Waals surface area contributed by atoms with Crippen molar-refractivity contribution in [1.82, 2.24) is 5.32 Å². The minimum atomic E-state index is -0.692. The van der Waals surface area contributed by atoms with Gasteiger partial charge in [0.05, 0.1) is 12.3 Å².